The van der Waals surface area contributed by atoms with Crippen LogP contribution in [0.2, 0.25) is 5.15 Å². The van der Waals surface area contributed by atoms with E-state index in [1.165, 1.54) is 0 Å². The van der Waals surface area contributed by atoms with Gasteiger partial charge in [0.05, 0.1) is 11.1 Å². The number of rotatable bonds is 0. The van der Waals surface area contributed by atoms with E-state index in [0.29, 0.717) is 6.07 Å². The van der Waals surface area contributed by atoms with Crippen molar-refractivity contribution in [3.05, 3.63) is 28.5 Å². The van der Waals surface area contributed by atoms with Gasteiger partial charge in [0.2, 0.25) is 0 Å². The zero-order valence-electron chi connectivity index (χ0n) is 6.06. The topological polar surface area (TPSA) is 36.7 Å². The zero-order valence-corrected chi connectivity index (χ0v) is 6.82. The highest BCUT2D eigenvalue weighted by atomic mass is 35.5. The number of aromatic nitrogens is 1. The molecule has 1 aromatic heterocycles. The van der Waals surface area contributed by atoms with Gasteiger partial charge in [-0.2, -0.15) is 18.4 Å². The minimum atomic E-state index is -4.57. The fourth-order valence-corrected chi connectivity index (χ4v) is 0.919. The number of halogens is 4. The highest BCUT2D eigenvalue weighted by Crippen LogP contribution is 2.33. The molecular weight excluding hydrogens is 205 g/mol. The predicted molar refractivity (Wildman–Crippen MR) is 39.0 cm³/mol. The Balaban J connectivity index is 3.29. The van der Waals surface area contributed by atoms with E-state index in [0.717, 1.165) is 6.20 Å². The monoisotopic (exact) mass is 206 g/mol. The molecule has 0 saturated carbocycles. The van der Waals surface area contributed by atoms with E-state index < -0.39 is 16.9 Å². The minimum Gasteiger partial charge on any atom is -0.243 e. The van der Waals surface area contributed by atoms with Crippen LogP contribution in [0.4, 0.5) is 13.2 Å². The van der Waals surface area contributed by atoms with E-state index in [1.807, 2.05) is 0 Å². The molecule has 1 heterocycles. The van der Waals surface area contributed by atoms with E-state index in [4.69, 9.17) is 16.9 Å². The lowest BCUT2D eigenvalue weighted by Gasteiger charge is -2.07. The predicted octanol–water partition coefficient (Wildman–Crippen LogP) is 2.63. The van der Waals surface area contributed by atoms with Crippen LogP contribution in [0.1, 0.15) is 11.1 Å². The Morgan fingerprint density at radius 1 is 1.46 bits per heavy atom. The molecular formula is C7H2ClF3N2. The van der Waals surface area contributed by atoms with Gasteiger partial charge in [-0.05, 0) is 6.07 Å². The Kier molecular flexibility index (Phi) is 2.43. The first-order valence-corrected chi connectivity index (χ1v) is 3.46. The minimum absolute atomic E-state index is 0.170. The second-order valence-corrected chi connectivity index (χ2v) is 2.53. The van der Waals surface area contributed by atoms with Gasteiger partial charge in [-0.15, -0.1) is 0 Å². The number of nitriles is 1. The van der Waals surface area contributed by atoms with Crippen molar-refractivity contribution in [3.63, 3.8) is 0 Å². The van der Waals surface area contributed by atoms with Crippen LogP contribution in [0.25, 0.3) is 0 Å². The third-order valence-electron chi connectivity index (χ3n) is 1.27. The normalized spacial score (nSPS) is 11.0. The van der Waals surface area contributed by atoms with Crippen molar-refractivity contribution in [2.45, 2.75) is 6.18 Å². The molecule has 1 aromatic rings. The molecule has 0 fully saturated rings. The van der Waals surface area contributed by atoms with Gasteiger partial charge >= 0.3 is 6.18 Å². The molecule has 0 atom stereocenters. The summed E-state index contributed by atoms with van der Waals surface area (Å²) in [6.45, 7) is 0. The van der Waals surface area contributed by atoms with E-state index in [-0.39, 0.29) is 5.56 Å². The van der Waals surface area contributed by atoms with Crippen molar-refractivity contribution >= 4 is 11.6 Å². The van der Waals surface area contributed by atoms with E-state index in [1.54, 1.807) is 6.07 Å². The second-order valence-electron chi connectivity index (χ2n) is 2.17. The molecule has 0 unspecified atom stereocenters. The van der Waals surface area contributed by atoms with Crippen molar-refractivity contribution in [1.29, 1.82) is 5.26 Å². The number of hydrogen-bond acceptors (Lipinski definition) is 2. The van der Waals surface area contributed by atoms with Gasteiger partial charge in [0, 0.05) is 6.20 Å². The molecule has 13 heavy (non-hydrogen) atoms. The zero-order chi connectivity index (χ0) is 10.1. The maximum absolute atomic E-state index is 12.1. The molecule has 0 amide bonds. The Morgan fingerprint density at radius 2 is 2.08 bits per heavy atom. The van der Waals surface area contributed by atoms with Gasteiger partial charge in [0.1, 0.15) is 11.2 Å². The molecule has 0 radical (unpaired) electrons. The van der Waals surface area contributed by atoms with Crippen molar-refractivity contribution in [3.8, 4) is 6.07 Å². The van der Waals surface area contributed by atoms with Crippen LogP contribution in [0.15, 0.2) is 12.3 Å². The first kappa shape index (κ1) is 9.81. The first-order chi connectivity index (χ1) is 5.95. The van der Waals surface area contributed by atoms with Crippen molar-refractivity contribution < 1.29 is 13.2 Å². The largest absolute Gasteiger partial charge is 0.419 e. The van der Waals surface area contributed by atoms with Crippen LogP contribution in [-0.2, 0) is 6.18 Å². The van der Waals surface area contributed by atoms with Gasteiger partial charge < -0.3 is 0 Å². The summed E-state index contributed by atoms with van der Waals surface area (Å²) in [4.78, 5) is 3.24. The summed E-state index contributed by atoms with van der Waals surface area (Å²) in [5.41, 5.74) is -1.26. The van der Waals surface area contributed by atoms with Gasteiger partial charge in [0.25, 0.3) is 0 Å². The SMILES string of the molecule is N#Cc1cnc(Cl)c(C(F)(F)F)c1. The molecule has 2 nitrogen and oxygen atoms in total. The Labute approximate surface area is 76.6 Å². The molecule has 0 aliphatic rings. The Hall–Kier alpha value is -1.28. The molecule has 0 bridgehead atoms. The average molecular weight is 207 g/mol. The third-order valence-corrected chi connectivity index (χ3v) is 1.57. The van der Waals surface area contributed by atoms with Crippen molar-refractivity contribution in [2.24, 2.45) is 0 Å². The first-order valence-electron chi connectivity index (χ1n) is 3.08. The smallest absolute Gasteiger partial charge is 0.243 e. The molecule has 68 valence electrons. The summed E-state index contributed by atoms with van der Waals surface area (Å²) >= 11 is 5.20. The van der Waals surface area contributed by atoms with Gasteiger partial charge in [0.15, 0.2) is 0 Å². The van der Waals surface area contributed by atoms with E-state index in [9.17, 15) is 13.2 Å². The molecule has 0 spiro atoms. The number of nitrogens with zero attached hydrogens (tertiary/aromatic N) is 2. The number of pyridine rings is 1. The van der Waals surface area contributed by atoms with Crippen LogP contribution in [0.5, 0.6) is 0 Å². The lowest BCUT2D eigenvalue weighted by molar-refractivity contribution is -0.137. The summed E-state index contributed by atoms with van der Waals surface area (Å²) in [5, 5.41) is 7.67. The van der Waals surface area contributed by atoms with Crippen LogP contribution < -0.4 is 0 Å². The van der Waals surface area contributed by atoms with Crippen LogP contribution in [0, 0.1) is 11.3 Å². The maximum Gasteiger partial charge on any atom is 0.419 e. The summed E-state index contributed by atoms with van der Waals surface area (Å²) < 4.78 is 36.4. The highest BCUT2D eigenvalue weighted by molar-refractivity contribution is 6.30. The fourth-order valence-electron chi connectivity index (χ4n) is 0.708. The number of hydrogen-bond donors (Lipinski definition) is 0. The van der Waals surface area contributed by atoms with Crippen molar-refractivity contribution in [2.75, 3.05) is 0 Å². The van der Waals surface area contributed by atoms with Crippen molar-refractivity contribution in [1.82, 2.24) is 4.98 Å². The third kappa shape index (κ3) is 2.10. The summed E-state index contributed by atoms with van der Waals surface area (Å²) in [6.07, 6.45) is -3.59. The number of alkyl halides is 3. The lowest BCUT2D eigenvalue weighted by Crippen LogP contribution is -2.07. The van der Waals surface area contributed by atoms with Crippen LogP contribution >= 0.6 is 11.6 Å². The van der Waals surface area contributed by atoms with E-state index >= 15 is 0 Å². The molecule has 0 N–H and O–H groups in total. The Bertz CT molecular complexity index is 367. The molecule has 0 aliphatic heterocycles. The van der Waals surface area contributed by atoms with E-state index in [2.05, 4.69) is 4.98 Å². The highest BCUT2D eigenvalue weighted by Gasteiger charge is 2.34. The molecule has 0 aromatic carbocycles. The molecule has 0 aliphatic carbocycles. The van der Waals surface area contributed by atoms with Gasteiger partial charge in [-0.3, -0.25) is 0 Å². The second kappa shape index (κ2) is 3.23. The summed E-state index contributed by atoms with van der Waals surface area (Å²) in [7, 11) is 0. The molecule has 6 heteroatoms. The summed E-state index contributed by atoms with van der Waals surface area (Å²) in [6, 6.07) is 2.21. The lowest BCUT2D eigenvalue weighted by atomic mass is 10.2. The summed E-state index contributed by atoms with van der Waals surface area (Å²) in [5.74, 6) is 0. The average Bonchev–Trinajstić information content (AvgIpc) is 2.03. The fraction of sp³-hybridized carbons (Fsp3) is 0.143. The van der Waals surface area contributed by atoms with Gasteiger partial charge in [-0.25, -0.2) is 4.98 Å². The van der Waals surface area contributed by atoms with Crippen LogP contribution in [-0.4, -0.2) is 4.98 Å². The standard InChI is InChI=1S/C7H2ClF3N2/c8-6-5(7(9,10)11)1-4(2-12)3-13-6/h1,3H. The van der Waals surface area contributed by atoms with Gasteiger partial charge in [-0.1, -0.05) is 11.6 Å². The maximum atomic E-state index is 12.1. The Morgan fingerprint density at radius 3 is 2.54 bits per heavy atom. The molecule has 0 saturated heterocycles. The quantitative estimate of drug-likeness (QED) is 0.612. The van der Waals surface area contributed by atoms with Crippen LogP contribution in [0.3, 0.4) is 0 Å². The molecule has 1 rings (SSSR count).